The van der Waals surface area contributed by atoms with Crippen LogP contribution in [0.4, 0.5) is 29.3 Å². The van der Waals surface area contributed by atoms with Gasteiger partial charge in [0.25, 0.3) is 11.1 Å². The Bertz CT molecular complexity index is 899. The highest BCUT2D eigenvalue weighted by Crippen LogP contribution is 2.50. The molecule has 1 fully saturated rings. The molecule has 1 N–H and O–H groups in total. The van der Waals surface area contributed by atoms with Crippen molar-refractivity contribution in [3.8, 4) is 0 Å². The molecule has 25 heavy (non-hydrogen) atoms. The van der Waals surface area contributed by atoms with Gasteiger partial charge in [-0.15, -0.1) is 0 Å². The fourth-order valence-corrected chi connectivity index (χ4v) is 4.40. The molecule has 2 amide bonds. The summed E-state index contributed by atoms with van der Waals surface area (Å²) >= 11 is 0.922. The molecule has 8 heteroatoms. The van der Waals surface area contributed by atoms with Gasteiger partial charge in [-0.1, -0.05) is 36.0 Å². The van der Waals surface area contributed by atoms with Crippen LogP contribution in [-0.2, 0) is 16.5 Å². The minimum Gasteiger partial charge on any atom is -0.323 e. The number of benzene rings is 2. The van der Waals surface area contributed by atoms with Crippen molar-refractivity contribution in [3.63, 3.8) is 0 Å². The molecule has 0 bridgehead atoms. The number of nitrogens with one attached hydrogen (secondary N) is 1. The minimum atomic E-state index is -4.53. The molecule has 4 nitrogen and oxygen atoms in total. The summed E-state index contributed by atoms with van der Waals surface area (Å²) < 4.78 is 39.1. The Morgan fingerprint density at radius 1 is 1.08 bits per heavy atom. The third-order valence-corrected chi connectivity index (χ3v) is 5.39. The number of carbonyl (C=O) groups is 2. The quantitative estimate of drug-likeness (QED) is 0.824. The number of para-hydroxylation sites is 1. The van der Waals surface area contributed by atoms with Gasteiger partial charge in [-0.2, -0.15) is 13.2 Å². The van der Waals surface area contributed by atoms with Crippen molar-refractivity contribution in [1.82, 2.24) is 0 Å². The van der Waals surface area contributed by atoms with Crippen LogP contribution >= 0.6 is 11.8 Å². The first-order valence-electron chi connectivity index (χ1n) is 7.39. The van der Waals surface area contributed by atoms with E-state index in [1.165, 1.54) is 17.0 Å². The van der Waals surface area contributed by atoms with Gasteiger partial charge in [0, 0.05) is 22.7 Å². The monoisotopic (exact) mass is 364 g/mol. The number of hydrogen-bond acceptors (Lipinski definition) is 3. The van der Waals surface area contributed by atoms with Gasteiger partial charge in [0.05, 0.1) is 5.56 Å². The summed E-state index contributed by atoms with van der Waals surface area (Å²) in [5, 5.41) is 2.27. The van der Waals surface area contributed by atoms with Crippen LogP contribution in [0.2, 0.25) is 0 Å². The second kappa shape index (κ2) is 5.26. The van der Waals surface area contributed by atoms with Crippen molar-refractivity contribution in [2.24, 2.45) is 0 Å². The maximum Gasteiger partial charge on any atom is 0.416 e. The van der Waals surface area contributed by atoms with Gasteiger partial charge in [-0.25, -0.2) is 0 Å². The highest BCUT2D eigenvalue weighted by Gasteiger charge is 2.58. The fourth-order valence-electron chi connectivity index (χ4n) is 3.26. The van der Waals surface area contributed by atoms with Gasteiger partial charge in [-0.3, -0.25) is 14.5 Å². The van der Waals surface area contributed by atoms with Crippen LogP contribution in [0, 0.1) is 0 Å². The Morgan fingerprint density at radius 2 is 1.84 bits per heavy atom. The van der Waals surface area contributed by atoms with Crippen LogP contribution in [0.3, 0.4) is 0 Å². The zero-order valence-electron chi connectivity index (χ0n) is 12.6. The lowest BCUT2D eigenvalue weighted by molar-refractivity contribution is -0.137. The average molecular weight is 364 g/mol. The molecule has 0 radical (unpaired) electrons. The first kappa shape index (κ1) is 16.0. The zero-order chi connectivity index (χ0) is 17.8. The Kier molecular flexibility index (Phi) is 3.37. The third-order valence-electron chi connectivity index (χ3n) is 4.40. The van der Waals surface area contributed by atoms with Crippen molar-refractivity contribution < 1.29 is 22.8 Å². The molecule has 0 aliphatic carbocycles. The number of rotatable bonds is 1. The number of alkyl halides is 3. The van der Waals surface area contributed by atoms with E-state index in [-0.39, 0.29) is 11.4 Å². The summed E-state index contributed by atoms with van der Waals surface area (Å²) in [6.07, 6.45) is -4.53. The van der Waals surface area contributed by atoms with Gasteiger partial charge < -0.3 is 5.32 Å². The fraction of sp³-hybridized carbons (Fsp3) is 0.176. The van der Waals surface area contributed by atoms with Crippen LogP contribution in [0.15, 0.2) is 48.5 Å². The summed E-state index contributed by atoms with van der Waals surface area (Å²) in [5.74, 6) is -0.269. The number of nitrogens with zero attached hydrogens (tertiary/aromatic N) is 1. The summed E-state index contributed by atoms with van der Waals surface area (Å²) in [6, 6.07) is 11.4. The first-order valence-corrected chi connectivity index (χ1v) is 8.38. The molecule has 1 saturated heterocycles. The van der Waals surface area contributed by atoms with E-state index in [1.54, 1.807) is 24.3 Å². The molecule has 0 saturated carbocycles. The van der Waals surface area contributed by atoms with Crippen LogP contribution < -0.4 is 10.2 Å². The van der Waals surface area contributed by atoms with Gasteiger partial charge in [0.15, 0.2) is 5.54 Å². The molecular weight excluding hydrogens is 353 g/mol. The van der Waals surface area contributed by atoms with E-state index in [0.29, 0.717) is 11.3 Å². The van der Waals surface area contributed by atoms with E-state index in [9.17, 15) is 22.8 Å². The molecule has 2 aromatic rings. The van der Waals surface area contributed by atoms with Gasteiger partial charge in [-0.05, 0) is 24.3 Å². The predicted octanol–water partition coefficient (Wildman–Crippen LogP) is 4.23. The lowest BCUT2D eigenvalue weighted by Crippen LogP contribution is -2.50. The van der Waals surface area contributed by atoms with Crippen molar-refractivity contribution in [2.45, 2.75) is 11.7 Å². The topological polar surface area (TPSA) is 49.4 Å². The average Bonchev–Trinajstić information content (AvgIpc) is 3.06. The molecule has 0 unspecified atom stereocenters. The molecule has 2 aliphatic heterocycles. The summed E-state index contributed by atoms with van der Waals surface area (Å²) in [5.41, 5.74) is -0.980. The molecule has 2 aromatic carbocycles. The van der Waals surface area contributed by atoms with Gasteiger partial charge in [0.1, 0.15) is 0 Å². The molecule has 1 spiro atoms. The zero-order valence-corrected chi connectivity index (χ0v) is 13.4. The lowest BCUT2D eigenvalue weighted by Gasteiger charge is -2.32. The Labute approximate surface area is 145 Å². The number of thioether (sulfide) groups is 1. The van der Waals surface area contributed by atoms with Crippen molar-refractivity contribution in [3.05, 3.63) is 59.7 Å². The van der Waals surface area contributed by atoms with E-state index in [1.807, 2.05) is 0 Å². The highest BCUT2D eigenvalue weighted by molar-refractivity contribution is 8.14. The normalized spacial score (nSPS) is 22.4. The minimum absolute atomic E-state index is 0.0525. The molecule has 4 rings (SSSR count). The highest BCUT2D eigenvalue weighted by atomic mass is 32.2. The second-order valence-corrected chi connectivity index (χ2v) is 6.72. The smallest absolute Gasteiger partial charge is 0.323 e. The van der Waals surface area contributed by atoms with Crippen molar-refractivity contribution >= 4 is 34.3 Å². The van der Waals surface area contributed by atoms with Crippen LogP contribution in [0.25, 0.3) is 0 Å². The van der Waals surface area contributed by atoms with Crippen LogP contribution in [-0.4, -0.2) is 16.9 Å². The summed E-state index contributed by atoms with van der Waals surface area (Å²) in [7, 11) is 0. The molecule has 2 aliphatic rings. The number of fused-ring (bicyclic) bond motifs is 2. The van der Waals surface area contributed by atoms with E-state index in [4.69, 9.17) is 0 Å². The maximum atomic E-state index is 13.0. The summed E-state index contributed by atoms with van der Waals surface area (Å²) in [6.45, 7) is 0. The third kappa shape index (κ3) is 2.24. The number of anilines is 2. The van der Waals surface area contributed by atoms with Crippen LogP contribution in [0.5, 0.6) is 0 Å². The number of hydrogen-bond donors (Lipinski definition) is 1. The van der Waals surface area contributed by atoms with E-state index >= 15 is 0 Å². The van der Waals surface area contributed by atoms with Gasteiger partial charge in [0.2, 0.25) is 0 Å². The van der Waals surface area contributed by atoms with E-state index in [0.717, 1.165) is 23.9 Å². The van der Waals surface area contributed by atoms with Crippen LogP contribution in [0.1, 0.15) is 11.1 Å². The molecule has 0 aromatic heterocycles. The summed E-state index contributed by atoms with van der Waals surface area (Å²) in [4.78, 5) is 26.4. The van der Waals surface area contributed by atoms with Crippen molar-refractivity contribution in [1.29, 1.82) is 0 Å². The lowest BCUT2D eigenvalue weighted by atomic mass is 9.91. The Balaban J connectivity index is 1.89. The largest absolute Gasteiger partial charge is 0.416 e. The molecule has 1 atom stereocenters. The Hall–Kier alpha value is -2.48. The number of carbonyl (C=O) groups excluding carboxylic acids is 2. The molecule has 2 heterocycles. The molecular formula is C17H11F3N2O2S. The maximum absolute atomic E-state index is 13.0. The standard InChI is InChI=1S/C17H11F3N2O2S/c18-17(19,20)10-4-3-5-11(8-10)22-15(24)25-9-16(22)12-6-1-2-7-13(12)21-14(16)23/h1-8H,9H2,(H,21,23)/t16-/m1/s1. The van der Waals surface area contributed by atoms with Gasteiger partial charge >= 0.3 is 6.18 Å². The Morgan fingerprint density at radius 3 is 2.60 bits per heavy atom. The number of halogens is 3. The van der Waals surface area contributed by atoms with E-state index < -0.39 is 28.4 Å². The van der Waals surface area contributed by atoms with Crippen molar-refractivity contribution in [2.75, 3.05) is 16.0 Å². The first-order chi connectivity index (χ1) is 11.8. The number of amides is 2. The predicted molar refractivity (Wildman–Crippen MR) is 88.5 cm³/mol. The van der Waals surface area contributed by atoms with E-state index in [2.05, 4.69) is 5.32 Å². The second-order valence-electron chi connectivity index (χ2n) is 5.80. The SMILES string of the molecule is O=C1SC[C@@]2(C(=O)Nc3ccccc32)N1c1cccc(C(F)(F)F)c1. The molecule has 128 valence electrons.